The van der Waals surface area contributed by atoms with E-state index in [2.05, 4.69) is 5.32 Å². The van der Waals surface area contributed by atoms with Crippen LogP contribution in [0.5, 0.6) is 0 Å². The van der Waals surface area contributed by atoms with Crippen molar-refractivity contribution in [2.75, 3.05) is 11.4 Å². The van der Waals surface area contributed by atoms with Gasteiger partial charge in [0.25, 0.3) is 5.56 Å². The fraction of sp³-hybridized carbons (Fsp3) is 0.414. The molecular formula is C29H29N5O4. The Bertz CT molecular complexity index is 1590. The molecule has 1 aliphatic carbocycles. The second-order valence-corrected chi connectivity index (χ2v) is 11.0. The predicted octanol–water partition coefficient (Wildman–Crippen LogP) is 3.06. The first-order chi connectivity index (χ1) is 18.4. The molecule has 0 radical (unpaired) electrons. The highest BCUT2D eigenvalue weighted by Gasteiger charge is 2.64. The SMILES string of the molecule is Cc1cccn2c(=O)c3c(nc12)N1CCc2ccccc2[C@H]1[C@]1(C3)C(=O)NC(=O)N(C2CCCCC2)C1=O. The number of carbonyl (C=O) groups is 3. The van der Waals surface area contributed by atoms with Crippen LogP contribution in [-0.2, 0) is 22.4 Å². The number of imide groups is 2. The summed E-state index contributed by atoms with van der Waals surface area (Å²) in [5.41, 5.74) is 1.75. The van der Waals surface area contributed by atoms with Gasteiger partial charge in [-0.05, 0) is 48.9 Å². The topological polar surface area (TPSA) is 104 Å². The molecule has 7 rings (SSSR count). The molecule has 38 heavy (non-hydrogen) atoms. The van der Waals surface area contributed by atoms with Crippen molar-refractivity contribution < 1.29 is 14.4 Å². The molecule has 9 nitrogen and oxygen atoms in total. The lowest BCUT2D eigenvalue weighted by Crippen LogP contribution is -2.71. The summed E-state index contributed by atoms with van der Waals surface area (Å²) in [6.07, 6.45) is 6.62. The zero-order valence-corrected chi connectivity index (χ0v) is 21.3. The third-order valence-corrected chi connectivity index (χ3v) is 8.98. The number of nitrogens with zero attached hydrogens (tertiary/aromatic N) is 4. The number of benzene rings is 1. The molecule has 1 saturated heterocycles. The van der Waals surface area contributed by atoms with E-state index < -0.39 is 29.3 Å². The second kappa shape index (κ2) is 8.24. The van der Waals surface area contributed by atoms with E-state index in [1.165, 1.54) is 9.30 Å². The van der Waals surface area contributed by atoms with E-state index in [4.69, 9.17) is 4.98 Å². The lowest BCUT2D eigenvalue weighted by atomic mass is 9.65. The number of hydrogen-bond donors (Lipinski definition) is 1. The highest BCUT2D eigenvalue weighted by Crippen LogP contribution is 2.53. The molecule has 1 N–H and O–H groups in total. The Morgan fingerprint density at radius 1 is 1.00 bits per heavy atom. The van der Waals surface area contributed by atoms with Gasteiger partial charge in [-0.2, -0.15) is 0 Å². The highest BCUT2D eigenvalue weighted by atomic mass is 16.2. The van der Waals surface area contributed by atoms with E-state index in [1.807, 2.05) is 42.2 Å². The lowest BCUT2D eigenvalue weighted by molar-refractivity contribution is -0.156. The van der Waals surface area contributed by atoms with Gasteiger partial charge in [-0.1, -0.05) is 49.6 Å². The highest BCUT2D eigenvalue weighted by molar-refractivity contribution is 6.20. The monoisotopic (exact) mass is 511 g/mol. The third-order valence-electron chi connectivity index (χ3n) is 8.98. The third kappa shape index (κ3) is 3.01. The number of carbonyl (C=O) groups excluding carboxylic acids is 3. The Morgan fingerprint density at radius 2 is 1.79 bits per heavy atom. The fourth-order valence-corrected chi connectivity index (χ4v) is 7.16. The van der Waals surface area contributed by atoms with Crippen molar-refractivity contribution in [2.45, 2.75) is 64.0 Å². The van der Waals surface area contributed by atoms with E-state index in [0.717, 1.165) is 48.8 Å². The van der Waals surface area contributed by atoms with Crippen LogP contribution < -0.4 is 15.8 Å². The van der Waals surface area contributed by atoms with Gasteiger partial charge in [0.05, 0.1) is 11.6 Å². The Hall–Kier alpha value is -4.01. The lowest BCUT2D eigenvalue weighted by Gasteiger charge is -2.54. The van der Waals surface area contributed by atoms with Crippen LogP contribution in [0.3, 0.4) is 0 Å². The Kier molecular flexibility index (Phi) is 5.02. The average Bonchev–Trinajstić information content (AvgIpc) is 2.93. The zero-order valence-electron chi connectivity index (χ0n) is 21.3. The van der Waals surface area contributed by atoms with E-state index in [1.54, 1.807) is 12.3 Å². The van der Waals surface area contributed by atoms with Gasteiger partial charge in [-0.15, -0.1) is 0 Å². The maximum Gasteiger partial charge on any atom is 0.331 e. The van der Waals surface area contributed by atoms with E-state index in [-0.39, 0.29) is 18.0 Å². The summed E-state index contributed by atoms with van der Waals surface area (Å²) in [5, 5.41) is 2.55. The molecule has 2 atom stereocenters. The van der Waals surface area contributed by atoms with E-state index in [9.17, 15) is 19.2 Å². The zero-order chi connectivity index (χ0) is 26.2. The molecule has 3 aromatic rings. The molecule has 0 bridgehead atoms. The molecule has 2 aromatic heterocycles. The van der Waals surface area contributed by atoms with Gasteiger partial charge in [0.15, 0.2) is 5.41 Å². The number of nitrogens with one attached hydrogen (secondary N) is 1. The van der Waals surface area contributed by atoms with Gasteiger partial charge < -0.3 is 4.90 Å². The molecule has 4 aliphatic rings. The summed E-state index contributed by atoms with van der Waals surface area (Å²) in [6.45, 7) is 2.41. The number of rotatable bonds is 1. The first-order valence-electron chi connectivity index (χ1n) is 13.5. The average molecular weight is 512 g/mol. The second-order valence-electron chi connectivity index (χ2n) is 11.0. The van der Waals surface area contributed by atoms with Crippen molar-refractivity contribution >= 4 is 29.3 Å². The van der Waals surface area contributed by atoms with Crippen LogP contribution >= 0.6 is 0 Å². The minimum atomic E-state index is -1.66. The first kappa shape index (κ1) is 23.1. The van der Waals surface area contributed by atoms with Crippen molar-refractivity contribution in [1.29, 1.82) is 0 Å². The van der Waals surface area contributed by atoms with Crippen LogP contribution in [0.15, 0.2) is 47.4 Å². The maximum absolute atomic E-state index is 14.6. The van der Waals surface area contributed by atoms with Crippen molar-refractivity contribution in [1.82, 2.24) is 19.6 Å². The first-order valence-corrected chi connectivity index (χ1v) is 13.5. The quantitative estimate of drug-likeness (QED) is 0.504. The number of pyridine rings is 1. The van der Waals surface area contributed by atoms with Gasteiger partial charge >= 0.3 is 6.03 Å². The number of urea groups is 1. The Labute approximate surface area is 219 Å². The predicted molar refractivity (Wildman–Crippen MR) is 140 cm³/mol. The normalized spacial score (nSPS) is 25.3. The largest absolute Gasteiger partial charge is 0.347 e. The minimum Gasteiger partial charge on any atom is -0.347 e. The number of aryl methyl sites for hydroxylation is 1. The number of fused-ring (bicyclic) bond motifs is 7. The molecule has 194 valence electrons. The van der Waals surface area contributed by atoms with Crippen LogP contribution in [0.25, 0.3) is 5.65 Å². The molecule has 0 unspecified atom stereocenters. The van der Waals surface area contributed by atoms with Gasteiger partial charge in [-0.25, -0.2) is 9.78 Å². The number of anilines is 1. The molecule has 2 fully saturated rings. The van der Waals surface area contributed by atoms with Gasteiger partial charge in [0.1, 0.15) is 11.5 Å². The number of hydrogen-bond acceptors (Lipinski definition) is 6. The summed E-state index contributed by atoms with van der Waals surface area (Å²) < 4.78 is 1.50. The van der Waals surface area contributed by atoms with E-state index >= 15 is 0 Å². The number of amides is 4. The van der Waals surface area contributed by atoms with Gasteiger partial charge in [-0.3, -0.25) is 29.0 Å². The molecule has 9 heteroatoms. The molecule has 1 aromatic carbocycles. The van der Waals surface area contributed by atoms with Crippen molar-refractivity contribution in [3.8, 4) is 0 Å². The summed E-state index contributed by atoms with van der Waals surface area (Å²) in [7, 11) is 0. The molecule has 4 amide bonds. The van der Waals surface area contributed by atoms with Gasteiger partial charge in [0.2, 0.25) is 11.8 Å². The smallest absolute Gasteiger partial charge is 0.331 e. The minimum absolute atomic E-state index is 0.109. The van der Waals surface area contributed by atoms with E-state index in [0.29, 0.717) is 30.0 Å². The van der Waals surface area contributed by atoms with Crippen molar-refractivity contribution in [3.63, 3.8) is 0 Å². The summed E-state index contributed by atoms with van der Waals surface area (Å²) in [5.74, 6) is -0.606. The summed E-state index contributed by atoms with van der Waals surface area (Å²) in [4.78, 5) is 63.9. The van der Waals surface area contributed by atoms with Crippen LogP contribution in [0.4, 0.5) is 10.6 Å². The number of barbiturate groups is 1. The summed E-state index contributed by atoms with van der Waals surface area (Å²) in [6, 6.07) is 9.97. The molecule has 3 aliphatic heterocycles. The molecular weight excluding hydrogens is 482 g/mol. The Morgan fingerprint density at radius 3 is 2.61 bits per heavy atom. The van der Waals surface area contributed by atoms with Crippen molar-refractivity contribution in [3.05, 3.63) is 75.2 Å². The van der Waals surface area contributed by atoms with Gasteiger partial charge in [0, 0.05) is 25.2 Å². The molecule has 5 heterocycles. The Balaban J connectivity index is 1.50. The van der Waals surface area contributed by atoms with Crippen LogP contribution in [0, 0.1) is 12.3 Å². The van der Waals surface area contributed by atoms with Crippen molar-refractivity contribution in [2.24, 2.45) is 5.41 Å². The standard InChI is InChI=1S/C29H29N5O4/c1-17-8-7-14-33-23(17)30-24-21(25(33)35)16-29(22-20-12-6-5-9-18(20)13-15-32(22)24)26(36)31-28(38)34(27(29)37)19-10-3-2-4-11-19/h5-9,12,14,19,22H,2-4,10-11,13,15-16H2,1H3,(H,31,36,38)/t22-,29+/m0/s1. The molecule has 1 saturated carbocycles. The number of aromatic nitrogens is 2. The van der Waals surface area contributed by atoms with Crippen LogP contribution in [0.2, 0.25) is 0 Å². The fourth-order valence-electron chi connectivity index (χ4n) is 7.16. The van der Waals surface area contributed by atoms with Crippen LogP contribution in [-0.4, -0.2) is 44.7 Å². The summed E-state index contributed by atoms with van der Waals surface area (Å²) >= 11 is 0. The molecule has 1 spiro atoms. The maximum atomic E-state index is 14.6. The van der Waals surface area contributed by atoms with Crippen LogP contribution in [0.1, 0.15) is 60.4 Å².